The molecule has 0 saturated heterocycles. The Morgan fingerprint density at radius 3 is 1.94 bits per heavy atom. The Bertz CT molecular complexity index is 290. The monoisotopic (exact) mass is 278 g/mol. The van der Waals surface area contributed by atoms with Gasteiger partial charge in [-0.25, -0.2) is 0 Å². The van der Waals surface area contributed by atoms with Gasteiger partial charge in [-0.15, -0.1) is 0 Å². The van der Waals surface area contributed by atoms with Gasteiger partial charge in [0.25, 0.3) is 0 Å². The van der Waals surface area contributed by atoms with Crippen molar-refractivity contribution >= 4 is 0 Å². The number of allylic oxidation sites excluding steroid dienone is 4. The minimum atomic E-state index is 0. The first kappa shape index (κ1) is 17.0. The summed E-state index contributed by atoms with van der Waals surface area (Å²) in [7, 11) is 0. The molecule has 0 aromatic heterocycles. The van der Waals surface area contributed by atoms with Crippen molar-refractivity contribution in [2.75, 3.05) is 0 Å². The van der Waals surface area contributed by atoms with Crippen molar-refractivity contribution < 1.29 is 34.5 Å². The first-order valence-electron chi connectivity index (χ1n) is 5.94. The minimum absolute atomic E-state index is 0. The third-order valence-electron chi connectivity index (χ3n) is 4.47. The summed E-state index contributed by atoms with van der Waals surface area (Å²) in [5.41, 5.74) is 0. The van der Waals surface area contributed by atoms with Crippen molar-refractivity contribution in [3.05, 3.63) is 24.3 Å². The SMILES string of the molecule is [F-].[F-].[F-].[Ti+3][CH]1C2C=CC=CC2C2CCCCC12. The van der Waals surface area contributed by atoms with Crippen LogP contribution in [0, 0.1) is 23.7 Å². The normalized spacial score (nSPS) is 41.4. The Morgan fingerprint density at radius 1 is 0.765 bits per heavy atom. The Morgan fingerprint density at radius 2 is 1.29 bits per heavy atom. The maximum absolute atomic E-state index is 2.48. The number of hydrogen-bond acceptors (Lipinski definition) is 0. The summed E-state index contributed by atoms with van der Waals surface area (Å²) in [5.74, 6) is 3.81. The Kier molecular flexibility index (Phi) is 6.79. The van der Waals surface area contributed by atoms with E-state index in [1.54, 1.807) is 0 Å². The van der Waals surface area contributed by atoms with Gasteiger partial charge in [0.1, 0.15) is 0 Å². The van der Waals surface area contributed by atoms with E-state index in [-0.39, 0.29) is 14.1 Å². The van der Waals surface area contributed by atoms with Gasteiger partial charge in [-0.2, -0.15) is 0 Å². The molecular weight excluding hydrogens is 261 g/mol. The molecule has 5 unspecified atom stereocenters. The van der Waals surface area contributed by atoms with Crippen LogP contribution in [0.25, 0.3) is 0 Å². The molecule has 0 heterocycles. The molecule has 0 N–H and O–H groups in total. The van der Waals surface area contributed by atoms with Crippen LogP contribution in [0.15, 0.2) is 24.3 Å². The molecule has 3 aliphatic rings. The van der Waals surface area contributed by atoms with Gasteiger partial charge in [-0.05, 0) is 0 Å². The first-order valence-corrected chi connectivity index (χ1v) is 6.84. The quantitative estimate of drug-likeness (QED) is 0.388. The molecule has 3 rings (SSSR count). The van der Waals surface area contributed by atoms with Gasteiger partial charge in [0.15, 0.2) is 0 Å². The fourth-order valence-electron chi connectivity index (χ4n) is 3.83. The van der Waals surface area contributed by atoms with Crippen LogP contribution in [0.3, 0.4) is 0 Å². The molecule has 0 amide bonds. The molecule has 0 nitrogen and oxygen atoms in total. The number of fused-ring (bicyclic) bond motifs is 3. The molecule has 2 fully saturated rings. The third-order valence-corrected chi connectivity index (χ3v) is 5.74. The van der Waals surface area contributed by atoms with E-state index in [4.69, 9.17) is 0 Å². The van der Waals surface area contributed by atoms with E-state index in [1.165, 1.54) is 25.7 Å². The predicted octanol–water partition coefficient (Wildman–Crippen LogP) is -5.49. The first-order chi connectivity index (χ1) is 6.88. The van der Waals surface area contributed by atoms with Gasteiger partial charge < -0.3 is 14.1 Å². The fraction of sp³-hybridized carbons (Fsp3) is 0.692. The van der Waals surface area contributed by atoms with Crippen molar-refractivity contribution in [3.8, 4) is 0 Å². The second-order valence-electron chi connectivity index (χ2n) is 5.06. The van der Waals surface area contributed by atoms with Crippen LogP contribution >= 0.6 is 0 Å². The molecule has 4 heteroatoms. The van der Waals surface area contributed by atoms with Gasteiger partial charge in [-0.3, -0.25) is 0 Å². The van der Waals surface area contributed by atoms with Crippen LogP contribution in [-0.2, 0) is 20.4 Å². The predicted molar refractivity (Wildman–Crippen MR) is 54.5 cm³/mol. The topological polar surface area (TPSA) is 0 Å². The van der Waals surface area contributed by atoms with E-state index in [2.05, 4.69) is 44.7 Å². The van der Waals surface area contributed by atoms with Crippen molar-refractivity contribution in [1.29, 1.82) is 0 Å². The second kappa shape index (κ2) is 6.79. The van der Waals surface area contributed by atoms with Gasteiger partial charge in [0, 0.05) is 0 Å². The zero-order valence-corrected chi connectivity index (χ0v) is 11.2. The van der Waals surface area contributed by atoms with E-state index >= 15 is 0 Å². The maximum atomic E-state index is 2.48. The van der Waals surface area contributed by atoms with Gasteiger partial charge in [-0.1, -0.05) is 0 Å². The molecule has 17 heavy (non-hydrogen) atoms. The number of rotatable bonds is 0. The standard InChI is InChI=1S/C13H17.3FH.Ti/c1-3-7-12-10(5-1)9-11-6-2-4-8-13(11)12;;;;/h1,3,5,7,9-13H,2,4,6,8H2;3*1H;/q;;;;+3/p-3. The molecular formula is C13H17F3Ti. The van der Waals surface area contributed by atoms with Crippen LogP contribution in [0.2, 0.25) is 4.22 Å². The second-order valence-corrected chi connectivity index (χ2v) is 6.10. The summed E-state index contributed by atoms with van der Waals surface area (Å²) in [4.78, 5) is 0. The Labute approximate surface area is 112 Å². The average molecular weight is 278 g/mol. The summed E-state index contributed by atoms with van der Waals surface area (Å²) in [6.07, 6.45) is 15.4. The zero-order valence-electron chi connectivity index (χ0n) is 9.66. The van der Waals surface area contributed by atoms with E-state index < -0.39 is 0 Å². The van der Waals surface area contributed by atoms with Crippen LogP contribution in [0.5, 0.6) is 0 Å². The van der Waals surface area contributed by atoms with E-state index in [0.717, 1.165) is 27.9 Å². The van der Waals surface area contributed by atoms with Crippen LogP contribution in [0.4, 0.5) is 0 Å². The third kappa shape index (κ3) is 2.71. The van der Waals surface area contributed by atoms with Crippen molar-refractivity contribution in [1.82, 2.24) is 0 Å². The summed E-state index contributed by atoms with van der Waals surface area (Å²) < 4.78 is 0.937. The summed E-state index contributed by atoms with van der Waals surface area (Å²) in [5, 5.41) is 0. The molecule has 0 aromatic rings. The molecule has 2 saturated carbocycles. The Hall–Kier alpha value is -0.0157. The van der Waals surface area contributed by atoms with Gasteiger partial charge in [0.2, 0.25) is 0 Å². The molecule has 0 aliphatic heterocycles. The van der Waals surface area contributed by atoms with Crippen LogP contribution < -0.4 is 14.1 Å². The zero-order chi connectivity index (χ0) is 9.54. The van der Waals surface area contributed by atoms with Crippen molar-refractivity contribution in [2.45, 2.75) is 29.9 Å². The Balaban J connectivity index is 0.000000853. The van der Waals surface area contributed by atoms with Crippen LogP contribution in [-0.4, -0.2) is 0 Å². The summed E-state index contributed by atoms with van der Waals surface area (Å²) in [6.45, 7) is 0. The molecule has 0 bridgehead atoms. The van der Waals surface area contributed by atoms with Gasteiger partial charge >= 0.3 is 98.3 Å². The average Bonchev–Trinajstić information content (AvgIpc) is 2.55. The number of hydrogen-bond donors (Lipinski definition) is 0. The van der Waals surface area contributed by atoms with Crippen molar-refractivity contribution in [2.24, 2.45) is 23.7 Å². The molecule has 5 atom stereocenters. The molecule has 94 valence electrons. The van der Waals surface area contributed by atoms with Crippen LogP contribution in [0.1, 0.15) is 25.7 Å². The molecule has 3 aliphatic carbocycles. The van der Waals surface area contributed by atoms with E-state index in [1.807, 2.05) is 0 Å². The van der Waals surface area contributed by atoms with Gasteiger partial charge in [0.05, 0.1) is 0 Å². The van der Waals surface area contributed by atoms with Crippen molar-refractivity contribution in [3.63, 3.8) is 0 Å². The van der Waals surface area contributed by atoms with E-state index in [9.17, 15) is 0 Å². The molecule has 0 radical (unpaired) electrons. The molecule has 0 aromatic carbocycles. The summed E-state index contributed by atoms with van der Waals surface area (Å²) >= 11 is 2.48. The number of halogens is 3. The van der Waals surface area contributed by atoms with E-state index in [0.29, 0.717) is 0 Å². The molecule has 0 spiro atoms. The fourth-order valence-corrected chi connectivity index (χ4v) is 4.99. The summed E-state index contributed by atoms with van der Waals surface area (Å²) in [6, 6.07) is 0.